The molecule has 0 spiro atoms. The third-order valence-electron chi connectivity index (χ3n) is 1.76. The molecule has 0 aromatic carbocycles. The Morgan fingerprint density at radius 1 is 1.12 bits per heavy atom. The predicted octanol–water partition coefficient (Wildman–Crippen LogP) is -0.0747. The number of rotatable bonds is 8. The van der Waals surface area contributed by atoms with Gasteiger partial charge in [0, 0.05) is 19.1 Å². The van der Waals surface area contributed by atoms with E-state index in [0.717, 1.165) is 0 Å². The van der Waals surface area contributed by atoms with E-state index in [2.05, 4.69) is 5.32 Å². The number of hydrogen-bond donors (Lipinski definition) is 4. The van der Waals surface area contributed by atoms with Crippen LogP contribution in [0.4, 0.5) is 0 Å². The minimum absolute atomic E-state index is 0.0756. The number of carboxylic acids is 1. The third-order valence-corrected chi connectivity index (χ3v) is 2.66. The summed E-state index contributed by atoms with van der Waals surface area (Å²) in [6, 6.07) is 0. The highest BCUT2D eigenvalue weighted by Crippen LogP contribution is 2.35. The highest BCUT2D eigenvalue weighted by molar-refractivity contribution is 7.51. The zero-order valence-electron chi connectivity index (χ0n) is 8.76. The summed E-state index contributed by atoms with van der Waals surface area (Å²) in [5, 5.41) is 10.8. The van der Waals surface area contributed by atoms with E-state index >= 15 is 0 Å². The van der Waals surface area contributed by atoms with Gasteiger partial charge in [0.25, 0.3) is 0 Å². The van der Waals surface area contributed by atoms with E-state index in [1.807, 2.05) is 0 Å². The summed E-state index contributed by atoms with van der Waals surface area (Å²) in [7, 11) is -3.95. The molecule has 0 saturated carbocycles. The van der Waals surface area contributed by atoms with Crippen molar-refractivity contribution in [1.82, 2.24) is 5.32 Å². The zero-order valence-corrected chi connectivity index (χ0v) is 9.65. The predicted molar refractivity (Wildman–Crippen MR) is 56.0 cm³/mol. The molecule has 0 heterocycles. The van der Waals surface area contributed by atoms with Crippen molar-refractivity contribution in [2.75, 3.05) is 12.7 Å². The lowest BCUT2D eigenvalue weighted by molar-refractivity contribution is -0.138. The van der Waals surface area contributed by atoms with E-state index in [-0.39, 0.29) is 24.9 Å². The van der Waals surface area contributed by atoms with Crippen molar-refractivity contribution in [1.29, 1.82) is 0 Å². The smallest absolute Gasteiger partial charge is 0.325 e. The average Bonchev–Trinajstić information content (AvgIpc) is 2.12. The van der Waals surface area contributed by atoms with Gasteiger partial charge in [-0.3, -0.25) is 14.2 Å². The molecule has 0 fully saturated rings. The number of carbonyl (C=O) groups excluding carboxylic acids is 1. The first-order valence-corrected chi connectivity index (χ1v) is 6.64. The first kappa shape index (κ1) is 15.1. The van der Waals surface area contributed by atoms with E-state index in [1.54, 1.807) is 0 Å². The molecule has 0 aromatic rings. The minimum atomic E-state index is -3.95. The molecule has 0 atom stereocenters. The van der Waals surface area contributed by atoms with Gasteiger partial charge in [-0.2, -0.15) is 0 Å². The molecule has 1 amide bonds. The number of aliphatic carboxylic acids is 1. The standard InChI is InChI=1S/C8H16NO6P/c10-7(3-4-8(11)12)9-5-1-2-6-16(13,14)15/h1-6H2,(H,9,10)(H,11,12)(H2,13,14,15). The van der Waals surface area contributed by atoms with E-state index < -0.39 is 13.6 Å². The molecule has 0 aliphatic carbocycles. The Balaban J connectivity index is 3.42. The molecule has 0 radical (unpaired) electrons. The summed E-state index contributed by atoms with van der Waals surface area (Å²) >= 11 is 0. The number of amides is 1. The van der Waals surface area contributed by atoms with Crippen molar-refractivity contribution >= 4 is 19.5 Å². The van der Waals surface area contributed by atoms with Crippen molar-refractivity contribution in [3.63, 3.8) is 0 Å². The average molecular weight is 253 g/mol. The molecule has 0 aromatic heterocycles. The Bertz CT molecular complexity index is 286. The van der Waals surface area contributed by atoms with Crippen LogP contribution in [0.2, 0.25) is 0 Å². The summed E-state index contributed by atoms with van der Waals surface area (Å²) < 4.78 is 10.4. The van der Waals surface area contributed by atoms with Gasteiger partial charge in [-0.1, -0.05) is 0 Å². The number of carboxylic acid groups (broad SMARTS) is 1. The quantitative estimate of drug-likeness (QED) is 0.354. The summed E-state index contributed by atoms with van der Waals surface area (Å²) in [5.41, 5.74) is 0. The summed E-state index contributed by atoms with van der Waals surface area (Å²) in [6.45, 7) is 0.304. The van der Waals surface area contributed by atoms with E-state index in [1.165, 1.54) is 0 Å². The molecule has 0 rings (SSSR count). The molecule has 8 heteroatoms. The van der Waals surface area contributed by atoms with Gasteiger partial charge in [-0.25, -0.2) is 0 Å². The van der Waals surface area contributed by atoms with Crippen LogP contribution < -0.4 is 5.32 Å². The molecule has 0 unspecified atom stereocenters. The first-order valence-electron chi connectivity index (χ1n) is 4.84. The SMILES string of the molecule is O=C(O)CCC(=O)NCCCCP(=O)(O)O. The van der Waals surface area contributed by atoms with Crippen molar-refractivity contribution < 1.29 is 29.0 Å². The Hall–Kier alpha value is -0.910. The van der Waals surface area contributed by atoms with E-state index in [0.29, 0.717) is 19.4 Å². The molecule has 0 aliphatic heterocycles. The molecule has 16 heavy (non-hydrogen) atoms. The number of nitrogens with one attached hydrogen (secondary N) is 1. The van der Waals surface area contributed by atoms with E-state index in [4.69, 9.17) is 14.9 Å². The maximum absolute atomic E-state index is 11.0. The highest BCUT2D eigenvalue weighted by Gasteiger charge is 2.11. The monoisotopic (exact) mass is 253 g/mol. The second kappa shape index (κ2) is 7.38. The van der Waals surface area contributed by atoms with Gasteiger partial charge in [-0.05, 0) is 12.8 Å². The van der Waals surface area contributed by atoms with Gasteiger partial charge in [0.05, 0.1) is 6.42 Å². The van der Waals surface area contributed by atoms with Gasteiger partial charge in [0.15, 0.2) is 0 Å². The molecule has 0 bridgehead atoms. The van der Waals surface area contributed by atoms with Crippen molar-refractivity contribution in [3.8, 4) is 0 Å². The van der Waals surface area contributed by atoms with Gasteiger partial charge in [-0.15, -0.1) is 0 Å². The van der Waals surface area contributed by atoms with Crippen LogP contribution in [0.15, 0.2) is 0 Å². The van der Waals surface area contributed by atoms with Crippen LogP contribution in [-0.4, -0.2) is 39.5 Å². The normalized spacial score (nSPS) is 11.1. The Morgan fingerprint density at radius 3 is 2.25 bits per heavy atom. The van der Waals surface area contributed by atoms with Gasteiger partial charge in [0.1, 0.15) is 0 Å². The molecule has 0 saturated heterocycles. The maximum atomic E-state index is 11.0. The lowest BCUT2D eigenvalue weighted by Gasteiger charge is -2.05. The molecule has 4 N–H and O–H groups in total. The zero-order chi connectivity index (χ0) is 12.6. The van der Waals surface area contributed by atoms with Crippen molar-refractivity contribution in [3.05, 3.63) is 0 Å². The molecule has 94 valence electrons. The highest BCUT2D eigenvalue weighted by atomic mass is 31.2. The van der Waals surface area contributed by atoms with Crippen LogP contribution in [0.1, 0.15) is 25.7 Å². The van der Waals surface area contributed by atoms with Crippen LogP contribution in [0, 0.1) is 0 Å². The van der Waals surface area contributed by atoms with Gasteiger partial charge < -0.3 is 20.2 Å². The summed E-state index contributed by atoms with van der Waals surface area (Å²) in [6.07, 6.45) is 0.299. The van der Waals surface area contributed by atoms with Crippen LogP contribution >= 0.6 is 7.60 Å². The Morgan fingerprint density at radius 2 is 1.75 bits per heavy atom. The molecule has 7 nitrogen and oxygen atoms in total. The van der Waals surface area contributed by atoms with Crippen molar-refractivity contribution in [2.45, 2.75) is 25.7 Å². The Labute approximate surface area is 93.0 Å². The van der Waals surface area contributed by atoms with Gasteiger partial charge >= 0.3 is 13.6 Å². The lowest BCUT2D eigenvalue weighted by Crippen LogP contribution is -2.24. The van der Waals surface area contributed by atoms with Crippen LogP contribution in [0.5, 0.6) is 0 Å². The van der Waals surface area contributed by atoms with Crippen molar-refractivity contribution in [2.24, 2.45) is 0 Å². The number of unbranched alkanes of at least 4 members (excludes halogenated alkanes) is 1. The summed E-state index contributed by atoms with van der Waals surface area (Å²) in [4.78, 5) is 38.2. The molecular weight excluding hydrogens is 237 g/mol. The third kappa shape index (κ3) is 11.2. The second-order valence-electron chi connectivity index (χ2n) is 3.34. The fraction of sp³-hybridized carbons (Fsp3) is 0.750. The molecular formula is C8H16NO6P. The topological polar surface area (TPSA) is 124 Å². The Kier molecular flexibility index (Phi) is 6.96. The first-order chi connectivity index (χ1) is 7.31. The van der Waals surface area contributed by atoms with Gasteiger partial charge in [0.2, 0.25) is 5.91 Å². The largest absolute Gasteiger partial charge is 0.481 e. The van der Waals surface area contributed by atoms with Crippen LogP contribution in [-0.2, 0) is 14.2 Å². The minimum Gasteiger partial charge on any atom is -0.481 e. The number of hydrogen-bond acceptors (Lipinski definition) is 3. The van der Waals surface area contributed by atoms with Crippen LogP contribution in [0.25, 0.3) is 0 Å². The lowest BCUT2D eigenvalue weighted by atomic mass is 10.3. The fourth-order valence-electron chi connectivity index (χ4n) is 0.979. The second-order valence-corrected chi connectivity index (χ2v) is 5.12. The fourth-order valence-corrected chi connectivity index (χ4v) is 1.61. The summed E-state index contributed by atoms with van der Waals surface area (Å²) in [5.74, 6) is -1.39. The van der Waals surface area contributed by atoms with E-state index in [9.17, 15) is 14.2 Å². The molecule has 0 aliphatic rings. The number of carbonyl (C=O) groups is 2. The maximum Gasteiger partial charge on any atom is 0.325 e. The van der Waals surface area contributed by atoms with Crippen LogP contribution in [0.3, 0.4) is 0 Å².